The lowest BCUT2D eigenvalue weighted by Gasteiger charge is -2.28. The molecule has 3 N–H and O–H groups in total. The van der Waals surface area contributed by atoms with Crippen LogP contribution in [0.3, 0.4) is 0 Å². The maximum Gasteiger partial charge on any atom is 0.333 e. The average Bonchev–Trinajstić information content (AvgIpc) is 2.75. The molecule has 21 heavy (non-hydrogen) atoms. The van der Waals surface area contributed by atoms with Crippen LogP contribution in [0.15, 0.2) is 0 Å². The van der Waals surface area contributed by atoms with Crippen LogP contribution in [0.2, 0.25) is 0 Å². The van der Waals surface area contributed by atoms with Gasteiger partial charge in [-0.25, -0.2) is 4.68 Å². The van der Waals surface area contributed by atoms with E-state index in [9.17, 15) is 14.9 Å². The van der Waals surface area contributed by atoms with Crippen molar-refractivity contribution in [2.75, 3.05) is 5.32 Å². The standard InChI is InChI=1S/C13H21N5O3/c1-3-17-13(11(18(20)21)8(2)16-17)15-10-6-4-5-9(7-10)12(14)19/h9-10,15H,3-7H2,1-2H3,(H2,14,19). The van der Waals surface area contributed by atoms with Gasteiger partial charge >= 0.3 is 5.69 Å². The fourth-order valence-corrected chi connectivity index (χ4v) is 2.93. The van der Waals surface area contributed by atoms with E-state index in [2.05, 4.69) is 10.4 Å². The molecule has 8 heteroatoms. The Hall–Kier alpha value is -2.12. The van der Waals surface area contributed by atoms with E-state index in [1.165, 1.54) is 0 Å². The minimum atomic E-state index is -0.411. The lowest BCUT2D eigenvalue weighted by Crippen LogP contribution is -2.34. The lowest BCUT2D eigenvalue weighted by molar-refractivity contribution is -0.384. The summed E-state index contributed by atoms with van der Waals surface area (Å²) in [6.45, 7) is 4.06. The average molecular weight is 295 g/mol. The number of carbonyl (C=O) groups is 1. The molecule has 1 aliphatic carbocycles. The zero-order chi connectivity index (χ0) is 15.6. The first-order valence-electron chi connectivity index (χ1n) is 7.21. The summed E-state index contributed by atoms with van der Waals surface area (Å²) in [5.74, 6) is -0.0271. The van der Waals surface area contributed by atoms with E-state index in [0.717, 1.165) is 19.3 Å². The van der Waals surface area contributed by atoms with Crippen molar-refractivity contribution in [3.8, 4) is 0 Å². The Kier molecular flexibility index (Phi) is 4.44. The van der Waals surface area contributed by atoms with E-state index in [0.29, 0.717) is 24.5 Å². The predicted octanol–water partition coefficient (Wildman–Crippen LogP) is 1.58. The molecular weight excluding hydrogens is 274 g/mol. The van der Waals surface area contributed by atoms with Gasteiger partial charge in [-0.05, 0) is 33.1 Å². The highest BCUT2D eigenvalue weighted by molar-refractivity contribution is 5.76. The number of aryl methyl sites for hydroxylation is 2. The molecule has 1 aromatic rings. The van der Waals surface area contributed by atoms with Crippen molar-refractivity contribution < 1.29 is 9.72 Å². The summed E-state index contributed by atoms with van der Waals surface area (Å²) in [4.78, 5) is 22.1. The van der Waals surface area contributed by atoms with Crippen molar-refractivity contribution in [1.82, 2.24) is 9.78 Å². The monoisotopic (exact) mass is 295 g/mol. The van der Waals surface area contributed by atoms with Gasteiger partial charge in [-0.1, -0.05) is 6.42 Å². The van der Waals surface area contributed by atoms with E-state index in [4.69, 9.17) is 5.73 Å². The smallest absolute Gasteiger partial charge is 0.333 e. The minimum absolute atomic E-state index is 0.0105. The van der Waals surface area contributed by atoms with Gasteiger partial charge in [-0.3, -0.25) is 14.9 Å². The van der Waals surface area contributed by atoms with E-state index < -0.39 is 4.92 Å². The first-order chi connectivity index (χ1) is 9.93. The molecule has 1 amide bonds. The van der Waals surface area contributed by atoms with Crippen LogP contribution in [0.1, 0.15) is 38.3 Å². The van der Waals surface area contributed by atoms with Crippen LogP contribution >= 0.6 is 0 Å². The molecule has 0 aromatic carbocycles. The summed E-state index contributed by atoms with van der Waals surface area (Å²) >= 11 is 0. The molecule has 8 nitrogen and oxygen atoms in total. The van der Waals surface area contributed by atoms with Gasteiger partial charge < -0.3 is 11.1 Å². The molecule has 0 spiro atoms. The summed E-state index contributed by atoms with van der Waals surface area (Å²) in [7, 11) is 0. The number of nitrogens with zero attached hydrogens (tertiary/aromatic N) is 3. The first-order valence-corrected chi connectivity index (χ1v) is 7.21. The van der Waals surface area contributed by atoms with Crippen LogP contribution in [0.25, 0.3) is 0 Å². The molecule has 2 unspecified atom stereocenters. The number of nitro groups is 1. The molecule has 116 valence electrons. The number of amides is 1. The third kappa shape index (κ3) is 3.14. The topological polar surface area (TPSA) is 116 Å². The zero-order valence-corrected chi connectivity index (χ0v) is 12.3. The number of aromatic nitrogens is 2. The Balaban J connectivity index is 2.22. The van der Waals surface area contributed by atoms with Crippen molar-refractivity contribution in [2.45, 2.75) is 52.1 Å². The zero-order valence-electron chi connectivity index (χ0n) is 12.3. The number of hydrogen-bond acceptors (Lipinski definition) is 5. The summed E-state index contributed by atoms with van der Waals surface area (Å²) in [6.07, 6.45) is 3.16. The normalized spacial score (nSPS) is 22.0. The maximum atomic E-state index is 11.3. The van der Waals surface area contributed by atoms with Crippen molar-refractivity contribution in [1.29, 1.82) is 0 Å². The van der Waals surface area contributed by atoms with Crippen LogP contribution in [-0.4, -0.2) is 26.7 Å². The Morgan fingerprint density at radius 1 is 1.57 bits per heavy atom. The largest absolute Gasteiger partial charge is 0.369 e. The Morgan fingerprint density at radius 2 is 2.29 bits per heavy atom. The van der Waals surface area contributed by atoms with E-state index >= 15 is 0 Å². The Morgan fingerprint density at radius 3 is 2.86 bits per heavy atom. The SMILES string of the molecule is CCn1nc(C)c([N+](=O)[O-])c1NC1CCCC(C(N)=O)C1. The van der Waals surface area contributed by atoms with Crippen LogP contribution in [0.5, 0.6) is 0 Å². The summed E-state index contributed by atoms with van der Waals surface area (Å²) < 4.78 is 1.60. The van der Waals surface area contributed by atoms with Crippen molar-refractivity contribution in [3.05, 3.63) is 15.8 Å². The third-order valence-electron chi connectivity index (χ3n) is 4.00. The lowest BCUT2D eigenvalue weighted by atomic mass is 9.85. The Labute approximate surface area is 122 Å². The van der Waals surface area contributed by atoms with E-state index in [-0.39, 0.29) is 23.6 Å². The highest BCUT2D eigenvalue weighted by atomic mass is 16.6. The van der Waals surface area contributed by atoms with E-state index in [1.807, 2.05) is 6.92 Å². The van der Waals surface area contributed by atoms with Gasteiger partial charge in [0.05, 0.1) is 4.92 Å². The second kappa shape index (κ2) is 6.11. The molecule has 2 rings (SSSR count). The predicted molar refractivity (Wildman–Crippen MR) is 77.9 cm³/mol. The van der Waals surface area contributed by atoms with Gasteiger partial charge in [0.1, 0.15) is 5.69 Å². The third-order valence-corrected chi connectivity index (χ3v) is 4.00. The molecule has 0 bridgehead atoms. The molecule has 0 aliphatic heterocycles. The van der Waals surface area contributed by atoms with E-state index in [1.54, 1.807) is 11.6 Å². The molecule has 1 aliphatic rings. The van der Waals surface area contributed by atoms with Gasteiger partial charge in [0.2, 0.25) is 11.7 Å². The fourth-order valence-electron chi connectivity index (χ4n) is 2.93. The summed E-state index contributed by atoms with van der Waals surface area (Å²) in [5.41, 5.74) is 5.78. The summed E-state index contributed by atoms with van der Waals surface area (Å²) in [5, 5.41) is 18.6. The quantitative estimate of drug-likeness (QED) is 0.632. The highest BCUT2D eigenvalue weighted by Gasteiger charge is 2.30. The highest BCUT2D eigenvalue weighted by Crippen LogP contribution is 2.32. The van der Waals surface area contributed by atoms with Crippen molar-refractivity contribution >= 4 is 17.4 Å². The molecule has 1 heterocycles. The molecule has 2 atom stereocenters. The molecule has 1 aromatic heterocycles. The van der Waals surface area contributed by atoms with Gasteiger partial charge in [0.25, 0.3) is 0 Å². The second-order valence-electron chi connectivity index (χ2n) is 5.46. The van der Waals surface area contributed by atoms with Crippen LogP contribution in [0, 0.1) is 23.0 Å². The van der Waals surface area contributed by atoms with Gasteiger partial charge in [0.15, 0.2) is 0 Å². The molecule has 0 radical (unpaired) electrons. The Bertz CT molecular complexity index is 554. The molecule has 1 fully saturated rings. The fraction of sp³-hybridized carbons (Fsp3) is 0.692. The van der Waals surface area contributed by atoms with Crippen molar-refractivity contribution in [2.24, 2.45) is 11.7 Å². The number of hydrogen-bond donors (Lipinski definition) is 2. The molecule has 0 saturated heterocycles. The molecular formula is C13H21N5O3. The number of rotatable bonds is 5. The number of carbonyl (C=O) groups excluding carboxylic acids is 1. The maximum absolute atomic E-state index is 11.3. The number of anilines is 1. The van der Waals surface area contributed by atoms with Gasteiger partial charge in [-0.15, -0.1) is 0 Å². The van der Waals surface area contributed by atoms with Crippen LogP contribution in [0.4, 0.5) is 11.5 Å². The number of nitrogens with one attached hydrogen (secondary N) is 1. The summed E-state index contributed by atoms with van der Waals surface area (Å²) in [6, 6.07) is 0.0105. The second-order valence-corrected chi connectivity index (χ2v) is 5.46. The first kappa shape index (κ1) is 15.3. The number of primary amides is 1. The van der Waals surface area contributed by atoms with Crippen LogP contribution in [-0.2, 0) is 11.3 Å². The minimum Gasteiger partial charge on any atom is -0.369 e. The van der Waals surface area contributed by atoms with Crippen molar-refractivity contribution in [3.63, 3.8) is 0 Å². The van der Waals surface area contributed by atoms with Gasteiger partial charge in [0, 0.05) is 18.5 Å². The molecule has 1 saturated carbocycles. The number of nitrogens with two attached hydrogens (primary N) is 1. The van der Waals surface area contributed by atoms with Crippen LogP contribution < -0.4 is 11.1 Å². The van der Waals surface area contributed by atoms with Gasteiger partial charge in [-0.2, -0.15) is 5.10 Å².